The number of ether oxygens (including phenoxy) is 1. The van der Waals surface area contributed by atoms with Gasteiger partial charge in [0, 0.05) is 6.42 Å². The van der Waals surface area contributed by atoms with E-state index in [-0.39, 0.29) is 11.5 Å². The number of carbonyl (C=O) groups excluding carboxylic acids is 1. The van der Waals surface area contributed by atoms with Gasteiger partial charge in [-0.2, -0.15) is 13.2 Å². The molecule has 2 nitrogen and oxygen atoms in total. The van der Waals surface area contributed by atoms with E-state index >= 15 is 0 Å². The lowest BCUT2D eigenvalue weighted by atomic mass is 10.0. The second kappa shape index (κ2) is 5.89. The third kappa shape index (κ3) is 4.05. The van der Waals surface area contributed by atoms with Crippen molar-refractivity contribution in [1.82, 2.24) is 0 Å². The van der Waals surface area contributed by atoms with E-state index < -0.39 is 11.7 Å². The van der Waals surface area contributed by atoms with Gasteiger partial charge in [0.2, 0.25) is 0 Å². The molecule has 0 bridgehead atoms. The van der Waals surface area contributed by atoms with Crippen molar-refractivity contribution in [2.75, 3.05) is 7.11 Å². The van der Waals surface area contributed by atoms with Crippen molar-refractivity contribution in [3.63, 3.8) is 0 Å². The largest absolute Gasteiger partial charge is 0.496 e. The lowest BCUT2D eigenvalue weighted by Gasteiger charge is -2.12. The van der Waals surface area contributed by atoms with Crippen LogP contribution in [0, 0.1) is 0 Å². The summed E-state index contributed by atoms with van der Waals surface area (Å²) in [6.07, 6.45) is -2.81. The quantitative estimate of drug-likeness (QED) is 0.808. The SMILES string of the molecule is COc1cc(C(F)(F)F)ccc1CCCC(C)=O. The summed E-state index contributed by atoms with van der Waals surface area (Å²) < 4.78 is 42.4. The van der Waals surface area contributed by atoms with Gasteiger partial charge in [-0.15, -0.1) is 0 Å². The minimum absolute atomic E-state index is 0.0703. The van der Waals surface area contributed by atoms with E-state index in [9.17, 15) is 18.0 Å². The molecule has 0 amide bonds. The predicted octanol–water partition coefficient (Wildman–Crippen LogP) is 3.63. The number of methoxy groups -OCH3 is 1. The predicted molar refractivity (Wildman–Crippen MR) is 61.6 cm³/mol. The number of alkyl halides is 3. The van der Waals surface area contributed by atoms with E-state index in [2.05, 4.69) is 0 Å². The zero-order valence-electron chi connectivity index (χ0n) is 10.3. The van der Waals surface area contributed by atoms with E-state index in [4.69, 9.17) is 4.74 Å². The summed E-state index contributed by atoms with van der Waals surface area (Å²) in [4.78, 5) is 10.8. The molecule has 0 unspecified atom stereocenters. The van der Waals surface area contributed by atoms with Gasteiger partial charge in [-0.05, 0) is 37.5 Å². The van der Waals surface area contributed by atoms with Crippen molar-refractivity contribution < 1.29 is 22.7 Å². The van der Waals surface area contributed by atoms with Crippen LogP contribution in [-0.4, -0.2) is 12.9 Å². The molecule has 1 aromatic carbocycles. The van der Waals surface area contributed by atoms with Crippen molar-refractivity contribution in [3.8, 4) is 5.75 Å². The molecule has 0 aromatic heterocycles. The number of ketones is 1. The molecule has 0 radical (unpaired) electrons. The van der Waals surface area contributed by atoms with Gasteiger partial charge in [0.25, 0.3) is 0 Å². The van der Waals surface area contributed by atoms with Crippen LogP contribution in [0.1, 0.15) is 30.9 Å². The second-order valence-corrected chi connectivity index (χ2v) is 4.08. The Morgan fingerprint density at radius 2 is 2.00 bits per heavy atom. The van der Waals surface area contributed by atoms with Crippen LogP contribution in [0.5, 0.6) is 5.75 Å². The van der Waals surface area contributed by atoms with Crippen LogP contribution in [0.2, 0.25) is 0 Å². The zero-order valence-corrected chi connectivity index (χ0v) is 10.3. The Balaban J connectivity index is 2.84. The molecular formula is C13H15F3O2. The summed E-state index contributed by atoms with van der Waals surface area (Å²) >= 11 is 0. The molecule has 0 aliphatic rings. The third-order valence-corrected chi connectivity index (χ3v) is 2.59. The molecule has 0 spiro atoms. The number of rotatable bonds is 5. The fourth-order valence-corrected chi connectivity index (χ4v) is 1.66. The topological polar surface area (TPSA) is 26.3 Å². The molecule has 0 aliphatic carbocycles. The van der Waals surface area contributed by atoms with Crippen LogP contribution in [0.4, 0.5) is 13.2 Å². The molecule has 0 saturated heterocycles. The first-order valence-electron chi connectivity index (χ1n) is 5.58. The molecule has 0 N–H and O–H groups in total. The number of benzene rings is 1. The highest BCUT2D eigenvalue weighted by Gasteiger charge is 2.31. The average Bonchev–Trinajstić information content (AvgIpc) is 2.27. The number of Topliss-reactive ketones (excluding diaryl/α,β-unsaturated/α-hetero) is 1. The highest BCUT2D eigenvalue weighted by Crippen LogP contribution is 2.33. The molecular weight excluding hydrogens is 245 g/mol. The van der Waals surface area contributed by atoms with Crippen molar-refractivity contribution in [2.24, 2.45) is 0 Å². The number of carbonyl (C=O) groups is 1. The first-order chi connectivity index (χ1) is 8.34. The smallest absolute Gasteiger partial charge is 0.416 e. The third-order valence-electron chi connectivity index (χ3n) is 2.59. The van der Waals surface area contributed by atoms with Gasteiger partial charge >= 0.3 is 6.18 Å². The minimum atomic E-state index is -4.37. The monoisotopic (exact) mass is 260 g/mol. The summed E-state index contributed by atoms with van der Waals surface area (Å²) in [5.41, 5.74) is -0.0404. The van der Waals surface area contributed by atoms with Gasteiger partial charge in [-0.1, -0.05) is 6.07 Å². The molecule has 0 aliphatic heterocycles. The molecule has 0 heterocycles. The lowest BCUT2D eigenvalue weighted by molar-refractivity contribution is -0.137. The Morgan fingerprint density at radius 3 is 2.50 bits per heavy atom. The molecule has 0 saturated carbocycles. The summed E-state index contributed by atoms with van der Waals surface area (Å²) in [6, 6.07) is 3.43. The van der Waals surface area contributed by atoms with Crippen LogP contribution in [-0.2, 0) is 17.4 Å². The zero-order chi connectivity index (χ0) is 13.8. The first-order valence-corrected chi connectivity index (χ1v) is 5.58. The maximum absolute atomic E-state index is 12.5. The van der Waals surface area contributed by atoms with Crippen LogP contribution < -0.4 is 4.74 Å². The van der Waals surface area contributed by atoms with Crippen molar-refractivity contribution >= 4 is 5.78 Å². The molecule has 100 valence electrons. The fourth-order valence-electron chi connectivity index (χ4n) is 1.66. The molecule has 1 rings (SSSR count). The normalized spacial score (nSPS) is 11.4. The van der Waals surface area contributed by atoms with E-state index in [1.54, 1.807) is 0 Å². The maximum atomic E-state index is 12.5. The van der Waals surface area contributed by atoms with E-state index in [1.165, 1.54) is 20.1 Å². The molecule has 18 heavy (non-hydrogen) atoms. The second-order valence-electron chi connectivity index (χ2n) is 4.08. The maximum Gasteiger partial charge on any atom is 0.416 e. The van der Waals surface area contributed by atoms with Crippen molar-refractivity contribution in [2.45, 2.75) is 32.4 Å². The van der Waals surface area contributed by atoms with E-state index in [0.29, 0.717) is 24.8 Å². The number of halogens is 3. The fraction of sp³-hybridized carbons (Fsp3) is 0.462. The van der Waals surface area contributed by atoms with Crippen LogP contribution in [0.15, 0.2) is 18.2 Å². The standard InChI is InChI=1S/C13H15F3O2/c1-9(17)4-3-5-10-6-7-11(13(14,15)16)8-12(10)18-2/h6-8H,3-5H2,1-2H3. The molecule has 0 fully saturated rings. The summed E-state index contributed by atoms with van der Waals surface area (Å²) in [5.74, 6) is 0.286. The Labute approximate surface area is 104 Å². The number of aryl methyl sites for hydroxylation is 1. The summed E-state index contributed by atoms with van der Waals surface area (Å²) in [5, 5.41) is 0. The number of hydrogen-bond acceptors (Lipinski definition) is 2. The van der Waals surface area contributed by atoms with Gasteiger partial charge < -0.3 is 9.53 Å². The van der Waals surface area contributed by atoms with Crippen molar-refractivity contribution in [1.29, 1.82) is 0 Å². The van der Waals surface area contributed by atoms with Gasteiger partial charge in [-0.3, -0.25) is 0 Å². The number of hydrogen-bond donors (Lipinski definition) is 0. The highest BCUT2D eigenvalue weighted by atomic mass is 19.4. The Kier molecular flexibility index (Phi) is 4.76. The van der Waals surface area contributed by atoms with Crippen LogP contribution in [0.3, 0.4) is 0 Å². The van der Waals surface area contributed by atoms with E-state index in [0.717, 1.165) is 12.1 Å². The first kappa shape index (κ1) is 14.5. The van der Waals surface area contributed by atoms with Crippen LogP contribution >= 0.6 is 0 Å². The average molecular weight is 260 g/mol. The van der Waals surface area contributed by atoms with Gasteiger partial charge in [0.05, 0.1) is 12.7 Å². The van der Waals surface area contributed by atoms with Gasteiger partial charge in [-0.25, -0.2) is 0 Å². The van der Waals surface area contributed by atoms with Crippen LogP contribution in [0.25, 0.3) is 0 Å². The molecule has 0 atom stereocenters. The Bertz CT molecular complexity index is 425. The van der Waals surface area contributed by atoms with E-state index in [1.807, 2.05) is 0 Å². The van der Waals surface area contributed by atoms with Gasteiger partial charge in [0.1, 0.15) is 11.5 Å². The summed E-state index contributed by atoms with van der Waals surface area (Å²) in [7, 11) is 1.34. The minimum Gasteiger partial charge on any atom is -0.496 e. The Hall–Kier alpha value is -1.52. The lowest BCUT2D eigenvalue weighted by Crippen LogP contribution is -2.06. The molecule has 1 aromatic rings. The molecule has 5 heteroatoms. The summed E-state index contributed by atoms with van der Waals surface area (Å²) in [6.45, 7) is 1.49. The Morgan fingerprint density at radius 1 is 1.33 bits per heavy atom. The highest BCUT2D eigenvalue weighted by molar-refractivity contribution is 5.75. The van der Waals surface area contributed by atoms with Gasteiger partial charge in [0.15, 0.2) is 0 Å². The van der Waals surface area contributed by atoms with Crippen molar-refractivity contribution in [3.05, 3.63) is 29.3 Å².